The first-order valence-electron chi connectivity index (χ1n) is 5.33. The van der Waals surface area contributed by atoms with E-state index >= 15 is 0 Å². The van der Waals surface area contributed by atoms with Gasteiger partial charge in [0.15, 0.2) is 0 Å². The summed E-state index contributed by atoms with van der Waals surface area (Å²) in [7, 11) is -4.47. The normalized spacial score (nSPS) is 11.3. The molecule has 0 spiro atoms. The van der Waals surface area contributed by atoms with Crippen molar-refractivity contribution in [1.29, 1.82) is 0 Å². The topological polar surface area (TPSA) is 72.2 Å². The van der Waals surface area contributed by atoms with Crippen LogP contribution in [0.15, 0.2) is 41.3 Å². The molecule has 0 aliphatic rings. The second-order valence-electron chi connectivity index (χ2n) is 3.89. The third kappa shape index (κ3) is 2.69. The highest BCUT2D eigenvalue weighted by atomic mass is 32.2. The molecule has 0 saturated heterocycles. The summed E-state index contributed by atoms with van der Waals surface area (Å²) in [6.07, 6.45) is 0. The van der Waals surface area contributed by atoms with Gasteiger partial charge in [-0.2, -0.15) is 0 Å². The predicted molar refractivity (Wildman–Crippen MR) is 68.0 cm³/mol. The number of para-hydroxylation sites is 1. The Labute approximate surface area is 113 Å². The van der Waals surface area contributed by atoms with Crippen LogP contribution in [0.1, 0.15) is 0 Å². The van der Waals surface area contributed by atoms with E-state index in [0.29, 0.717) is 0 Å². The first kappa shape index (κ1) is 14.2. The van der Waals surface area contributed by atoms with E-state index in [1.165, 1.54) is 0 Å². The maximum absolute atomic E-state index is 13.6. The molecule has 0 aliphatic heterocycles. The van der Waals surface area contributed by atoms with Gasteiger partial charge >= 0.3 is 0 Å². The molecule has 106 valence electrons. The molecule has 3 N–H and O–H groups in total. The molecule has 0 unspecified atom stereocenters. The van der Waals surface area contributed by atoms with Crippen LogP contribution >= 0.6 is 0 Å². The molecule has 0 radical (unpaired) electrons. The fourth-order valence-corrected chi connectivity index (χ4v) is 2.66. The summed E-state index contributed by atoms with van der Waals surface area (Å²) in [5.41, 5.74) is 4.45. The van der Waals surface area contributed by atoms with Crippen LogP contribution < -0.4 is 10.5 Å². The summed E-state index contributed by atoms with van der Waals surface area (Å²) in [6.45, 7) is 0. The van der Waals surface area contributed by atoms with Crippen molar-refractivity contribution in [2.24, 2.45) is 0 Å². The minimum Gasteiger partial charge on any atom is -0.399 e. The number of hydrogen-bond donors (Lipinski definition) is 2. The molecule has 2 aromatic carbocycles. The Kier molecular flexibility index (Phi) is 3.58. The zero-order valence-corrected chi connectivity index (χ0v) is 10.7. The van der Waals surface area contributed by atoms with Gasteiger partial charge in [0.05, 0.1) is 0 Å². The Morgan fingerprint density at radius 1 is 0.950 bits per heavy atom. The maximum atomic E-state index is 13.6. The van der Waals surface area contributed by atoms with Gasteiger partial charge in [-0.1, -0.05) is 6.07 Å². The fourth-order valence-electron chi connectivity index (χ4n) is 1.52. The zero-order chi connectivity index (χ0) is 14.9. The molecular weight excluding hydrogens is 293 g/mol. The molecule has 0 aliphatic carbocycles. The molecule has 0 fully saturated rings. The van der Waals surface area contributed by atoms with E-state index in [4.69, 9.17) is 5.73 Å². The average Bonchev–Trinajstić information content (AvgIpc) is 2.33. The fraction of sp³-hybridized carbons (Fsp3) is 0. The van der Waals surface area contributed by atoms with Crippen molar-refractivity contribution >= 4 is 21.4 Å². The number of sulfonamides is 1. The zero-order valence-electron chi connectivity index (χ0n) is 9.90. The largest absolute Gasteiger partial charge is 0.399 e. The first-order valence-corrected chi connectivity index (χ1v) is 6.81. The van der Waals surface area contributed by atoms with Gasteiger partial charge in [0.2, 0.25) is 0 Å². The van der Waals surface area contributed by atoms with Crippen LogP contribution in [-0.4, -0.2) is 8.42 Å². The number of benzene rings is 2. The van der Waals surface area contributed by atoms with Gasteiger partial charge in [0.25, 0.3) is 10.0 Å². The average molecular weight is 302 g/mol. The maximum Gasteiger partial charge on any atom is 0.265 e. The van der Waals surface area contributed by atoms with E-state index in [1.807, 2.05) is 0 Å². The molecule has 0 amide bonds. The minimum absolute atomic E-state index is 0.0264. The molecule has 0 atom stereocenters. The number of anilines is 2. The van der Waals surface area contributed by atoms with Crippen molar-refractivity contribution in [3.05, 3.63) is 53.8 Å². The van der Waals surface area contributed by atoms with Gasteiger partial charge in [0.1, 0.15) is 28.0 Å². The predicted octanol–water partition coefficient (Wildman–Crippen LogP) is 2.49. The summed E-state index contributed by atoms with van der Waals surface area (Å²) in [5, 5.41) is 0. The number of rotatable bonds is 3. The molecule has 0 aromatic heterocycles. The smallest absolute Gasteiger partial charge is 0.265 e. The molecule has 2 aromatic rings. The van der Waals surface area contributed by atoms with Crippen LogP contribution in [0.3, 0.4) is 0 Å². The van der Waals surface area contributed by atoms with E-state index in [9.17, 15) is 21.6 Å². The summed E-state index contributed by atoms with van der Waals surface area (Å²) in [5.74, 6) is -3.33. The highest BCUT2D eigenvalue weighted by Crippen LogP contribution is 2.24. The van der Waals surface area contributed by atoms with Crippen LogP contribution in [0.5, 0.6) is 0 Å². The van der Waals surface area contributed by atoms with Gasteiger partial charge in [-0.3, -0.25) is 4.72 Å². The second kappa shape index (κ2) is 5.04. The Bertz CT molecular complexity index is 743. The molecule has 0 saturated carbocycles. The molecule has 0 heterocycles. The third-order valence-corrected chi connectivity index (χ3v) is 3.83. The van der Waals surface area contributed by atoms with Gasteiger partial charge in [-0.25, -0.2) is 21.6 Å². The standard InChI is InChI=1S/C12H9F3N2O2S/c13-8-2-1-3-9(14)12(8)17-20(18,19)11-5-4-7(16)6-10(11)15/h1-6,17H,16H2. The summed E-state index contributed by atoms with van der Waals surface area (Å²) in [4.78, 5) is -0.755. The number of nitrogens with one attached hydrogen (secondary N) is 1. The number of hydrogen-bond acceptors (Lipinski definition) is 3. The van der Waals surface area contributed by atoms with E-state index in [0.717, 1.165) is 36.4 Å². The van der Waals surface area contributed by atoms with Gasteiger partial charge in [-0.15, -0.1) is 0 Å². The lowest BCUT2D eigenvalue weighted by Gasteiger charge is -2.10. The summed E-state index contributed by atoms with van der Waals surface area (Å²) in [6, 6.07) is 5.69. The van der Waals surface area contributed by atoms with Crippen LogP contribution in [0.2, 0.25) is 0 Å². The molecular formula is C12H9F3N2O2S. The summed E-state index contributed by atoms with van der Waals surface area (Å²) < 4.78 is 65.8. The Morgan fingerprint density at radius 3 is 2.10 bits per heavy atom. The monoisotopic (exact) mass is 302 g/mol. The molecule has 4 nitrogen and oxygen atoms in total. The minimum atomic E-state index is -4.47. The summed E-state index contributed by atoms with van der Waals surface area (Å²) >= 11 is 0. The SMILES string of the molecule is Nc1ccc(S(=O)(=O)Nc2c(F)cccc2F)c(F)c1. The van der Waals surface area contributed by atoms with Gasteiger partial charge < -0.3 is 5.73 Å². The molecule has 20 heavy (non-hydrogen) atoms. The molecule has 8 heteroatoms. The molecule has 2 rings (SSSR count). The van der Waals surface area contributed by atoms with Crippen LogP contribution in [0, 0.1) is 17.5 Å². The van der Waals surface area contributed by atoms with Gasteiger partial charge in [-0.05, 0) is 30.3 Å². The lowest BCUT2D eigenvalue weighted by Crippen LogP contribution is -2.16. The Morgan fingerprint density at radius 2 is 1.55 bits per heavy atom. The Hall–Kier alpha value is -2.22. The van der Waals surface area contributed by atoms with Crippen molar-refractivity contribution < 1.29 is 21.6 Å². The Balaban J connectivity index is 2.46. The van der Waals surface area contributed by atoms with E-state index in [2.05, 4.69) is 0 Å². The highest BCUT2D eigenvalue weighted by Gasteiger charge is 2.22. The van der Waals surface area contributed by atoms with E-state index in [1.54, 1.807) is 4.72 Å². The first-order chi connectivity index (χ1) is 9.31. The van der Waals surface area contributed by atoms with E-state index in [-0.39, 0.29) is 5.69 Å². The number of nitrogen functional groups attached to an aromatic ring is 1. The van der Waals surface area contributed by atoms with Crippen LogP contribution in [0.4, 0.5) is 24.5 Å². The van der Waals surface area contributed by atoms with Gasteiger partial charge in [0, 0.05) is 5.69 Å². The third-order valence-electron chi connectivity index (χ3n) is 2.44. The van der Waals surface area contributed by atoms with Crippen molar-refractivity contribution in [1.82, 2.24) is 0 Å². The number of nitrogens with two attached hydrogens (primary N) is 1. The lowest BCUT2D eigenvalue weighted by molar-refractivity contribution is 0.566. The number of halogens is 3. The van der Waals surface area contributed by atoms with Crippen LogP contribution in [0.25, 0.3) is 0 Å². The van der Waals surface area contributed by atoms with Crippen molar-refractivity contribution in [3.8, 4) is 0 Å². The van der Waals surface area contributed by atoms with Crippen molar-refractivity contribution in [2.45, 2.75) is 4.90 Å². The van der Waals surface area contributed by atoms with Crippen molar-refractivity contribution in [2.75, 3.05) is 10.5 Å². The quantitative estimate of drug-likeness (QED) is 0.856. The molecule has 0 bridgehead atoms. The van der Waals surface area contributed by atoms with Crippen molar-refractivity contribution in [3.63, 3.8) is 0 Å². The second-order valence-corrected chi connectivity index (χ2v) is 5.54. The highest BCUT2D eigenvalue weighted by molar-refractivity contribution is 7.92. The van der Waals surface area contributed by atoms with Crippen LogP contribution in [-0.2, 0) is 10.0 Å². The van der Waals surface area contributed by atoms with E-state index < -0.39 is 38.1 Å². The lowest BCUT2D eigenvalue weighted by atomic mass is 10.3.